The molecule has 0 saturated heterocycles. The van der Waals surface area contributed by atoms with Gasteiger partial charge in [0.05, 0.1) is 5.20 Å². The Morgan fingerprint density at radius 2 is 1.47 bits per heavy atom. The maximum absolute atomic E-state index is 13.2. The molecule has 0 aliphatic carbocycles. The smallest absolute Gasteiger partial charge is 0.173 e. The molecule has 0 N–H and O–H groups in total. The topological polar surface area (TPSA) is 0 Å². The van der Waals surface area contributed by atoms with E-state index in [9.17, 15) is 8.78 Å². The molecule has 0 bridgehead atoms. The van der Waals surface area contributed by atoms with Crippen LogP contribution in [0.2, 0.25) is 18.1 Å². The average Bonchev–Trinajstić information content (AvgIpc) is 2.42. The maximum Gasteiger partial charge on any atom is 0.277 e. The van der Waals surface area contributed by atoms with E-state index in [1.807, 2.05) is 20.8 Å². The van der Waals surface area contributed by atoms with E-state index in [1.54, 1.807) is 0 Å². The number of hydrogen-bond acceptors (Lipinski definition) is 0. The molecule has 0 heterocycles. The Morgan fingerprint density at radius 1 is 0.895 bits per heavy atom. The molecule has 0 aromatic carbocycles. The third-order valence-electron chi connectivity index (χ3n) is 4.12. The number of hydrogen-bond donors (Lipinski definition) is 0. The summed E-state index contributed by atoms with van der Waals surface area (Å²) in [5.74, 6) is 5.81. The van der Waals surface area contributed by atoms with E-state index < -0.39 is 14.2 Å². The van der Waals surface area contributed by atoms with Crippen LogP contribution in [-0.2, 0) is 0 Å². The Hall–Kier alpha value is -0.623. The second kappa shape index (κ2) is 10.2. The molecule has 0 atom stereocenters. The van der Waals surface area contributed by atoms with E-state index in [-0.39, 0.29) is 5.20 Å². The minimum Gasteiger partial charge on any atom is -0.173 e. The molecule has 0 aliphatic rings. The molecule has 0 aromatic rings. The van der Waals surface area contributed by atoms with E-state index in [2.05, 4.69) is 18.8 Å². The second-order valence-electron chi connectivity index (χ2n) is 5.09. The summed E-state index contributed by atoms with van der Waals surface area (Å²) >= 11 is 0. The standard InChI is InChI=1S/C16H28F2Si/c1-5-9-10-11-12-13-14-15(16(17)18)19(6-2,7-3)8-4/h5-12H2,1-4H3. The first-order valence-corrected chi connectivity index (χ1v) is 10.2. The fourth-order valence-corrected chi connectivity index (χ4v) is 5.77. The predicted octanol–water partition coefficient (Wildman–Crippen LogP) is 6.16. The van der Waals surface area contributed by atoms with Crippen molar-refractivity contribution >= 4 is 8.07 Å². The summed E-state index contributed by atoms with van der Waals surface area (Å²) < 4.78 is 26.4. The molecule has 0 unspecified atom stereocenters. The lowest BCUT2D eigenvalue weighted by Crippen LogP contribution is -2.34. The van der Waals surface area contributed by atoms with Crippen molar-refractivity contribution in [1.82, 2.24) is 0 Å². The van der Waals surface area contributed by atoms with Crippen LogP contribution in [0.3, 0.4) is 0 Å². The molecule has 3 heteroatoms. The lowest BCUT2D eigenvalue weighted by molar-refractivity contribution is 0.419. The SMILES string of the molecule is CCCCCCC#CC(=C(F)F)[Si](CC)(CC)CC. The molecule has 0 rings (SSSR count). The van der Waals surface area contributed by atoms with Crippen molar-refractivity contribution in [2.45, 2.75) is 77.9 Å². The van der Waals surface area contributed by atoms with Gasteiger partial charge in [-0.15, -0.1) is 0 Å². The largest absolute Gasteiger partial charge is 0.277 e. The van der Waals surface area contributed by atoms with Crippen molar-refractivity contribution in [3.05, 3.63) is 11.3 Å². The van der Waals surface area contributed by atoms with Gasteiger partial charge in [0.15, 0.2) is 0 Å². The maximum atomic E-state index is 13.2. The summed E-state index contributed by atoms with van der Waals surface area (Å²) in [5.41, 5.74) is 0. The van der Waals surface area contributed by atoms with Gasteiger partial charge in [-0.1, -0.05) is 76.9 Å². The van der Waals surface area contributed by atoms with Gasteiger partial charge in [-0.3, -0.25) is 0 Å². The average molecular weight is 286 g/mol. The van der Waals surface area contributed by atoms with Crippen LogP contribution in [0.15, 0.2) is 11.3 Å². The molecular formula is C16H28F2Si. The summed E-state index contributed by atoms with van der Waals surface area (Å²) in [6.07, 6.45) is 3.80. The molecule has 0 aliphatic heterocycles. The van der Waals surface area contributed by atoms with E-state index in [4.69, 9.17) is 0 Å². The van der Waals surface area contributed by atoms with Gasteiger partial charge in [-0.05, 0) is 6.42 Å². The molecule has 0 amide bonds. The van der Waals surface area contributed by atoms with Gasteiger partial charge in [0.25, 0.3) is 6.08 Å². The second-order valence-corrected chi connectivity index (χ2v) is 10.3. The highest BCUT2D eigenvalue weighted by atomic mass is 28.3. The summed E-state index contributed by atoms with van der Waals surface area (Å²) in [7, 11) is -2.03. The number of rotatable bonds is 8. The molecule has 0 saturated carbocycles. The lowest BCUT2D eigenvalue weighted by Gasteiger charge is -2.27. The fraction of sp³-hybridized carbons (Fsp3) is 0.750. The van der Waals surface area contributed by atoms with E-state index >= 15 is 0 Å². The predicted molar refractivity (Wildman–Crippen MR) is 83.0 cm³/mol. The van der Waals surface area contributed by atoms with Gasteiger partial charge in [0.1, 0.15) is 8.07 Å². The first-order chi connectivity index (χ1) is 9.07. The third kappa shape index (κ3) is 5.91. The van der Waals surface area contributed by atoms with E-state index in [0.29, 0.717) is 0 Å². The molecule has 0 fully saturated rings. The van der Waals surface area contributed by atoms with Crippen molar-refractivity contribution < 1.29 is 8.78 Å². The first kappa shape index (κ1) is 18.4. The molecule has 0 aromatic heterocycles. The van der Waals surface area contributed by atoms with E-state index in [1.165, 1.54) is 12.8 Å². The zero-order chi connectivity index (χ0) is 14.7. The van der Waals surface area contributed by atoms with Crippen molar-refractivity contribution in [2.24, 2.45) is 0 Å². The van der Waals surface area contributed by atoms with Crippen molar-refractivity contribution in [3.8, 4) is 11.8 Å². The first-order valence-electron chi connectivity index (χ1n) is 7.62. The van der Waals surface area contributed by atoms with Crippen LogP contribution in [0.25, 0.3) is 0 Å². The highest BCUT2D eigenvalue weighted by Crippen LogP contribution is 2.31. The fourth-order valence-electron chi connectivity index (χ4n) is 2.45. The zero-order valence-electron chi connectivity index (χ0n) is 12.9. The summed E-state index contributed by atoms with van der Waals surface area (Å²) in [6, 6.07) is 2.57. The van der Waals surface area contributed by atoms with Crippen LogP contribution >= 0.6 is 0 Å². The number of allylic oxidation sites excluding steroid dienone is 1. The summed E-state index contributed by atoms with van der Waals surface area (Å²) in [6.45, 7) is 8.26. The monoisotopic (exact) mass is 286 g/mol. The Bertz CT molecular complexity index is 320. The van der Waals surface area contributed by atoms with Crippen LogP contribution in [-0.4, -0.2) is 8.07 Å². The van der Waals surface area contributed by atoms with Gasteiger partial charge in [0, 0.05) is 6.42 Å². The Labute approximate surface area is 118 Å². The highest BCUT2D eigenvalue weighted by Gasteiger charge is 2.34. The Morgan fingerprint density at radius 3 is 1.89 bits per heavy atom. The van der Waals surface area contributed by atoms with Gasteiger partial charge in [-0.2, -0.15) is 8.78 Å². The molecule has 110 valence electrons. The molecule has 0 radical (unpaired) electrons. The highest BCUT2D eigenvalue weighted by molar-refractivity contribution is 6.87. The van der Waals surface area contributed by atoms with Gasteiger partial charge in [0.2, 0.25) is 0 Å². The van der Waals surface area contributed by atoms with Crippen LogP contribution in [0.4, 0.5) is 8.78 Å². The van der Waals surface area contributed by atoms with Crippen LogP contribution < -0.4 is 0 Å². The zero-order valence-corrected chi connectivity index (χ0v) is 13.9. The minimum atomic E-state index is -2.03. The van der Waals surface area contributed by atoms with Crippen molar-refractivity contribution in [2.75, 3.05) is 0 Å². The molecule has 0 nitrogen and oxygen atoms in total. The lowest BCUT2D eigenvalue weighted by atomic mass is 10.2. The van der Waals surface area contributed by atoms with Crippen LogP contribution in [0.5, 0.6) is 0 Å². The van der Waals surface area contributed by atoms with Gasteiger partial charge in [-0.25, -0.2) is 0 Å². The quantitative estimate of drug-likeness (QED) is 0.285. The Balaban J connectivity index is 4.78. The number of unbranched alkanes of at least 4 members (excludes halogenated alkanes) is 4. The minimum absolute atomic E-state index is 0.218. The van der Waals surface area contributed by atoms with Crippen molar-refractivity contribution in [3.63, 3.8) is 0 Å². The summed E-state index contributed by atoms with van der Waals surface area (Å²) in [5, 5.41) is 0.218. The van der Waals surface area contributed by atoms with Gasteiger partial charge < -0.3 is 0 Å². The molecule has 19 heavy (non-hydrogen) atoms. The number of halogens is 2. The van der Waals surface area contributed by atoms with E-state index in [0.717, 1.165) is 37.4 Å². The normalized spacial score (nSPS) is 10.8. The van der Waals surface area contributed by atoms with Crippen molar-refractivity contribution in [1.29, 1.82) is 0 Å². The third-order valence-corrected chi connectivity index (χ3v) is 9.55. The molecular weight excluding hydrogens is 258 g/mol. The summed E-state index contributed by atoms with van der Waals surface area (Å²) in [4.78, 5) is 0. The van der Waals surface area contributed by atoms with Crippen LogP contribution in [0, 0.1) is 11.8 Å². The van der Waals surface area contributed by atoms with Gasteiger partial charge >= 0.3 is 0 Å². The Kier molecular flexibility index (Phi) is 9.86. The molecule has 0 spiro atoms. The van der Waals surface area contributed by atoms with Crippen LogP contribution in [0.1, 0.15) is 59.8 Å².